The molecule has 0 aliphatic heterocycles. The van der Waals surface area contributed by atoms with Crippen LogP contribution in [0.4, 0.5) is 5.69 Å². The molecule has 3 aromatic rings. The van der Waals surface area contributed by atoms with E-state index in [1.807, 2.05) is 6.92 Å². The highest BCUT2D eigenvalue weighted by Crippen LogP contribution is 2.27. The molecule has 0 amide bonds. The number of hydrogen-bond acceptors (Lipinski definition) is 4. The third-order valence-electron chi connectivity index (χ3n) is 2.95. The molecule has 0 saturated carbocycles. The van der Waals surface area contributed by atoms with E-state index in [1.165, 1.54) is 16.6 Å². The zero-order chi connectivity index (χ0) is 14.3. The minimum absolute atomic E-state index is 0.0485. The first-order valence-corrected chi connectivity index (χ1v) is 6.20. The van der Waals surface area contributed by atoms with E-state index >= 15 is 0 Å². The summed E-state index contributed by atoms with van der Waals surface area (Å²) in [6.07, 6.45) is 1.65. The Labute approximate surface area is 118 Å². The molecule has 0 atom stereocenters. The molecule has 0 aliphatic rings. The van der Waals surface area contributed by atoms with Crippen LogP contribution in [0.2, 0.25) is 5.15 Å². The van der Waals surface area contributed by atoms with Crippen LogP contribution >= 0.6 is 11.6 Å². The first-order valence-electron chi connectivity index (χ1n) is 5.82. The van der Waals surface area contributed by atoms with Crippen LogP contribution in [0.1, 0.15) is 5.69 Å². The number of nitrogens with zero attached hydrogens (tertiary/aromatic N) is 4. The number of benzene rings is 1. The van der Waals surface area contributed by atoms with Gasteiger partial charge in [-0.1, -0.05) is 11.6 Å². The van der Waals surface area contributed by atoms with Crippen molar-refractivity contribution in [3.8, 4) is 11.1 Å². The van der Waals surface area contributed by atoms with Gasteiger partial charge >= 0.3 is 0 Å². The molecular formula is C13H9ClN4O2. The lowest BCUT2D eigenvalue weighted by atomic mass is 10.1. The Morgan fingerprint density at radius 3 is 2.65 bits per heavy atom. The molecule has 0 N–H and O–H groups in total. The maximum Gasteiger partial charge on any atom is 0.269 e. The Morgan fingerprint density at radius 2 is 2.00 bits per heavy atom. The van der Waals surface area contributed by atoms with Crippen molar-refractivity contribution in [1.82, 2.24) is 14.6 Å². The lowest BCUT2D eigenvalue weighted by Gasteiger charge is -2.01. The molecule has 1 aromatic carbocycles. The van der Waals surface area contributed by atoms with Gasteiger partial charge in [0.2, 0.25) is 0 Å². The van der Waals surface area contributed by atoms with E-state index in [0.29, 0.717) is 10.8 Å². The molecule has 0 aliphatic carbocycles. The second-order valence-corrected chi connectivity index (χ2v) is 4.71. The van der Waals surface area contributed by atoms with Crippen LogP contribution in [-0.2, 0) is 0 Å². The predicted octanol–water partition coefficient (Wildman–Crippen LogP) is 3.27. The summed E-state index contributed by atoms with van der Waals surface area (Å²) in [6, 6.07) is 7.98. The predicted molar refractivity (Wildman–Crippen MR) is 74.8 cm³/mol. The average Bonchev–Trinajstić information content (AvgIpc) is 2.82. The van der Waals surface area contributed by atoms with Gasteiger partial charge in [0.15, 0.2) is 5.65 Å². The van der Waals surface area contributed by atoms with Crippen molar-refractivity contribution in [2.24, 2.45) is 0 Å². The Kier molecular flexibility index (Phi) is 2.87. The molecule has 0 radical (unpaired) electrons. The van der Waals surface area contributed by atoms with Crippen LogP contribution < -0.4 is 0 Å². The molecule has 100 valence electrons. The van der Waals surface area contributed by atoms with Crippen molar-refractivity contribution in [3.63, 3.8) is 0 Å². The van der Waals surface area contributed by atoms with Crippen LogP contribution in [0.5, 0.6) is 0 Å². The van der Waals surface area contributed by atoms with E-state index in [2.05, 4.69) is 10.1 Å². The maximum atomic E-state index is 10.7. The van der Waals surface area contributed by atoms with Crippen LogP contribution in [0.3, 0.4) is 0 Å². The molecule has 0 unspecified atom stereocenters. The summed E-state index contributed by atoms with van der Waals surface area (Å²) >= 11 is 6.10. The van der Waals surface area contributed by atoms with Gasteiger partial charge in [-0.25, -0.2) is 9.50 Å². The number of aryl methyl sites for hydroxylation is 1. The Bertz CT molecular complexity index is 811. The van der Waals surface area contributed by atoms with Crippen molar-refractivity contribution >= 4 is 22.9 Å². The number of hydrogen-bond donors (Lipinski definition) is 0. The molecule has 2 heterocycles. The fraction of sp³-hybridized carbons (Fsp3) is 0.0769. The molecule has 2 aromatic heterocycles. The lowest BCUT2D eigenvalue weighted by Crippen LogP contribution is -1.94. The summed E-state index contributed by atoms with van der Waals surface area (Å²) in [4.78, 5) is 14.6. The summed E-state index contributed by atoms with van der Waals surface area (Å²) < 4.78 is 1.53. The Balaban J connectivity index is 2.17. The van der Waals surface area contributed by atoms with Crippen LogP contribution in [0.15, 0.2) is 36.5 Å². The summed E-state index contributed by atoms with van der Waals surface area (Å²) in [5.41, 5.74) is 3.05. The Morgan fingerprint density at radius 1 is 1.30 bits per heavy atom. The summed E-state index contributed by atoms with van der Waals surface area (Å²) in [5.74, 6) is 0. The largest absolute Gasteiger partial charge is 0.269 e. The third kappa shape index (κ3) is 2.00. The van der Waals surface area contributed by atoms with E-state index in [9.17, 15) is 10.1 Å². The van der Waals surface area contributed by atoms with Gasteiger partial charge in [-0.2, -0.15) is 5.10 Å². The van der Waals surface area contributed by atoms with E-state index in [0.717, 1.165) is 16.8 Å². The van der Waals surface area contributed by atoms with Crippen molar-refractivity contribution in [3.05, 3.63) is 57.5 Å². The SMILES string of the molecule is Cc1cc(Cl)n2ncc(-c3ccc([N+](=O)[O-])cc3)c2n1. The normalized spacial score (nSPS) is 10.9. The number of nitro groups is 1. The highest BCUT2D eigenvalue weighted by atomic mass is 35.5. The van der Waals surface area contributed by atoms with Gasteiger partial charge in [0.25, 0.3) is 5.69 Å². The van der Waals surface area contributed by atoms with Gasteiger partial charge in [-0.05, 0) is 30.7 Å². The summed E-state index contributed by atoms with van der Waals surface area (Å²) in [6.45, 7) is 1.85. The van der Waals surface area contributed by atoms with Crippen LogP contribution in [0.25, 0.3) is 16.8 Å². The number of rotatable bonds is 2. The van der Waals surface area contributed by atoms with Crippen molar-refractivity contribution < 1.29 is 4.92 Å². The molecule has 3 rings (SSSR count). The molecule has 0 bridgehead atoms. The number of halogens is 1. The molecule has 0 spiro atoms. The minimum Gasteiger partial charge on any atom is -0.258 e. The third-order valence-corrected chi connectivity index (χ3v) is 3.21. The van der Waals surface area contributed by atoms with Gasteiger partial charge in [0.05, 0.1) is 11.1 Å². The summed E-state index contributed by atoms with van der Waals surface area (Å²) in [7, 11) is 0. The standard InChI is InChI=1S/C13H9ClN4O2/c1-8-6-12(14)17-13(16-8)11(7-15-17)9-2-4-10(5-3-9)18(19)20/h2-7H,1H3. The monoisotopic (exact) mass is 288 g/mol. The Hall–Kier alpha value is -2.47. The highest BCUT2D eigenvalue weighted by Gasteiger charge is 2.12. The van der Waals surface area contributed by atoms with Crippen LogP contribution in [0, 0.1) is 17.0 Å². The molecular weight excluding hydrogens is 280 g/mol. The first kappa shape index (κ1) is 12.6. The smallest absolute Gasteiger partial charge is 0.258 e. The lowest BCUT2D eigenvalue weighted by molar-refractivity contribution is -0.384. The van der Waals surface area contributed by atoms with Gasteiger partial charge < -0.3 is 0 Å². The highest BCUT2D eigenvalue weighted by molar-refractivity contribution is 6.29. The summed E-state index contributed by atoms with van der Waals surface area (Å²) in [5, 5.41) is 15.3. The van der Waals surface area contributed by atoms with Crippen LogP contribution in [-0.4, -0.2) is 19.5 Å². The molecule has 6 nitrogen and oxygen atoms in total. The number of nitro benzene ring substituents is 1. The first-order chi connectivity index (χ1) is 9.56. The maximum absolute atomic E-state index is 10.7. The fourth-order valence-corrected chi connectivity index (χ4v) is 2.29. The van der Waals surface area contributed by atoms with Crippen molar-refractivity contribution in [1.29, 1.82) is 0 Å². The minimum atomic E-state index is -0.431. The zero-order valence-corrected chi connectivity index (χ0v) is 11.2. The average molecular weight is 289 g/mol. The van der Waals surface area contributed by atoms with Gasteiger partial charge in [-0.3, -0.25) is 10.1 Å². The van der Waals surface area contributed by atoms with E-state index in [-0.39, 0.29) is 5.69 Å². The molecule has 0 fully saturated rings. The molecule has 0 saturated heterocycles. The van der Waals surface area contributed by atoms with Crippen molar-refractivity contribution in [2.75, 3.05) is 0 Å². The van der Waals surface area contributed by atoms with Gasteiger partial charge in [0.1, 0.15) is 5.15 Å². The molecule has 7 heteroatoms. The second kappa shape index (κ2) is 4.57. The zero-order valence-electron chi connectivity index (χ0n) is 10.4. The molecule has 20 heavy (non-hydrogen) atoms. The number of aromatic nitrogens is 3. The van der Waals surface area contributed by atoms with Crippen molar-refractivity contribution in [2.45, 2.75) is 6.92 Å². The second-order valence-electron chi connectivity index (χ2n) is 4.32. The number of non-ortho nitro benzene ring substituents is 1. The topological polar surface area (TPSA) is 73.3 Å². The van der Waals surface area contributed by atoms with E-state index < -0.39 is 4.92 Å². The fourth-order valence-electron chi connectivity index (χ4n) is 2.01. The van der Waals surface area contributed by atoms with Gasteiger partial charge in [0, 0.05) is 23.4 Å². The quantitative estimate of drug-likeness (QED) is 0.412. The number of fused-ring (bicyclic) bond motifs is 1. The van der Waals surface area contributed by atoms with E-state index in [1.54, 1.807) is 24.4 Å². The van der Waals surface area contributed by atoms with E-state index in [4.69, 9.17) is 11.6 Å². The van der Waals surface area contributed by atoms with Gasteiger partial charge in [-0.15, -0.1) is 0 Å².